The van der Waals surface area contributed by atoms with Crippen molar-refractivity contribution in [1.29, 1.82) is 0 Å². The molecule has 3 heterocycles. The molecule has 1 aliphatic rings. The largest absolute Gasteiger partial charge is 0.309 e. The summed E-state index contributed by atoms with van der Waals surface area (Å²) in [6.07, 6.45) is 9.05. The Hall–Kier alpha value is -7.36. The van der Waals surface area contributed by atoms with E-state index < -0.39 is 0 Å². The Labute approximate surface area is 329 Å². The average molecular weight is 726 g/mol. The smallest absolute Gasteiger partial charge is 0.0978 e. The van der Waals surface area contributed by atoms with Gasteiger partial charge in [-0.25, -0.2) is 9.97 Å². The van der Waals surface area contributed by atoms with E-state index in [1.165, 1.54) is 71.0 Å². The number of nitrogens with zero attached hydrogens (tertiary/aromatic N) is 3. The minimum absolute atomic E-state index is 0.925. The summed E-state index contributed by atoms with van der Waals surface area (Å²) < 4.78 is 2.40. The van der Waals surface area contributed by atoms with E-state index in [4.69, 9.17) is 9.97 Å². The molecule has 0 unspecified atom stereocenters. The standard InChI is InChI=1S/C54H35N3/c1-2-15-34(16-3-1)50-44-25-8-11-26-46(44)55-54-45(50)31-29-35-30-32-47(56-53(35)54)52-42-23-6-4-21-40(42)51(41-22-5-7-24-43(41)52)36-17-14-18-37(33-36)57-48-27-12-9-19-38(48)39-20-10-13-28-49(39)57/h2,4-33H,1,3H2. The van der Waals surface area contributed by atoms with Crippen molar-refractivity contribution in [3.8, 4) is 28.1 Å². The van der Waals surface area contributed by atoms with E-state index in [-0.39, 0.29) is 0 Å². The van der Waals surface area contributed by atoms with Crippen LogP contribution in [0.3, 0.4) is 0 Å². The highest BCUT2D eigenvalue weighted by atomic mass is 15.0. The Morgan fingerprint density at radius 3 is 1.72 bits per heavy atom. The zero-order valence-electron chi connectivity index (χ0n) is 31.2. The summed E-state index contributed by atoms with van der Waals surface area (Å²) in [6, 6.07) is 61.6. The van der Waals surface area contributed by atoms with Crippen molar-refractivity contribution in [2.24, 2.45) is 0 Å². The third kappa shape index (κ3) is 4.85. The highest BCUT2D eigenvalue weighted by molar-refractivity contribution is 6.22. The fourth-order valence-electron chi connectivity index (χ4n) is 9.50. The zero-order valence-corrected chi connectivity index (χ0v) is 31.2. The Morgan fingerprint density at radius 2 is 1.04 bits per heavy atom. The van der Waals surface area contributed by atoms with Crippen LogP contribution in [0.2, 0.25) is 0 Å². The molecule has 8 aromatic carbocycles. The summed E-state index contributed by atoms with van der Waals surface area (Å²) in [5, 5.41) is 10.7. The molecule has 3 nitrogen and oxygen atoms in total. The van der Waals surface area contributed by atoms with E-state index in [0.717, 1.165) is 57.1 Å². The molecule has 0 radical (unpaired) electrons. The number of para-hydroxylation sites is 3. The molecular weight excluding hydrogens is 691 g/mol. The van der Waals surface area contributed by atoms with Gasteiger partial charge in [-0.2, -0.15) is 0 Å². The van der Waals surface area contributed by atoms with Crippen LogP contribution in [0, 0.1) is 0 Å². The van der Waals surface area contributed by atoms with E-state index in [1.807, 2.05) is 0 Å². The summed E-state index contributed by atoms with van der Waals surface area (Å²) in [5.41, 5.74) is 13.4. The number of rotatable bonds is 4. The van der Waals surface area contributed by atoms with Crippen LogP contribution in [-0.2, 0) is 0 Å². The minimum Gasteiger partial charge on any atom is -0.309 e. The van der Waals surface area contributed by atoms with Gasteiger partial charge in [-0.1, -0.05) is 152 Å². The van der Waals surface area contributed by atoms with Crippen molar-refractivity contribution in [2.45, 2.75) is 12.8 Å². The van der Waals surface area contributed by atoms with Crippen LogP contribution in [0.25, 0.3) is 110 Å². The molecule has 0 bridgehead atoms. The lowest BCUT2D eigenvalue weighted by Gasteiger charge is -2.19. The van der Waals surface area contributed by atoms with Gasteiger partial charge in [0.05, 0.1) is 33.3 Å². The normalized spacial score (nSPS) is 13.2. The van der Waals surface area contributed by atoms with Gasteiger partial charge >= 0.3 is 0 Å². The van der Waals surface area contributed by atoms with Crippen LogP contribution in [0.15, 0.2) is 188 Å². The molecule has 1 aliphatic carbocycles. The van der Waals surface area contributed by atoms with Gasteiger partial charge in [-0.15, -0.1) is 0 Å². The molecule has 0 atom stereocenters. The van der Waals surface area contributed by atoms with Crippen LogP contribution in [0.1, 0.15) is 18.4 Å². The highest BCUT2D eigenvalue weighted by Gasteiger charge is 2.21. The van der Waals surface area contributed by atoms with Crippen LogP contribution in [0.4, 0.5) is 0 Å². The second-order valence-electron chi connectivity index (χ2n) is 15.1. The number of aromatic nitrogens is 3. The number of fused-ring (bicyclic) bond motifs is 9. The fourth-order valence-corrected chi connectivity index (χ4v) is 9.50. The maximum atomic E-state index is 5.57. The highest BCUT2D eigenvalue weighted by Crippen LogP contribution is 2.45. The predicted molar refractivity (Wildman–Crippen MR) is 241 cm³/mol. The first-order valence-electron chi connectivity index (χ1n) is 19.8. The van der Waals surface area contributed by atoms with Crippen LogP contribution >= 0.6 is 0 Å². The number of allylic oxidation sites excluding steroid dienone is 4. The van der Waals surface area contributed by atoms with E-state index in [9.17, 15) is 0 Å². The quantitative estimate of drug-likeness (QED) is 0.134. The Balaban J connectivity index is 1.11. The third-order valence-corrected chi connectivity index (χ3v) is 12.0. The molecule has 3 aromatic heterocycles. The molecule has 0 amide bonds. The lowest BCUT2D eigenvalue weighted by Crippen LogP contribution is -1.97. The first-order valence-corrected chi connectivity index (χ1v) is 19.8. The number of hydrogen-bond acceptors (Lipinski definition) is 2. The monoisotopic (exact) mass is 725 g/mol. The first kappa shape index (κ1) is 31.9. The predicted octanol–water partition coefficient (Wildman–Crippen LogP) is 14.4. The second-order valence-corrected chi connectivity index (χ2v) is 15.1. The van der Waals surface area contributed by atoms with Crippen molar-refractivity contribution < 1.29 is 0 Å². The summed E-state index contributed by atoms with van der Waals surface area (Å²) in [6.45, 7) is 0. The number of hydrogen-bond donors (Lipinski definition) is 0. The van der Waals surface area contributed by atoms with Gasteiger partial charge in [-0.05, 0) is 87.5 Å². The Kier molecular flexibility index (Phi) is 7.05. The third-order valence-electron chi connectivity index (χ3n) is 12.0. The molecule has 266 valence electrons. The zero-order chi connectivity index (χ0) is 37.5. The van der Waals surface area contributed by atoms with Crippen LogP contribution < -0.4 is 0 Å². The molecular formula is C54H35N3. The summed E-state index contributed by atoms with van der Waals surface area (Å²) >= 11 is 0. The molecule has 0 saturated carbocycles. The first-order chi connectivity index (χ1) is 28.3. The molecule has 0 spiro atoms. The average Bonchev–Trinajstić information content (AvgIpc) is 3.62. The van der Waals surface area contributed by atoms with E-state index in [1.54, 1.807) is 0 Å². The van der Waals surface area contributed by atoms with E-state index in [0.29, 0.717) is 0 Å². The molecule has 57 heavy (non-hydrogen) atoms. The van der Waals surface area contributed by atoms with E-state index >= 15 is 0 Å². The van der Waals surface area contributed by atoms with Crippen molar-refractivity contribution in [3.63, 3.8) is 0 Å². The Bertz CT molecular complexity index is 3420. The molecule has 0 fully saturated rings. The number of benzene rings is 8. The van der Waals surface area contributed by atoms with Gasteiger partial charge in [0.1, 0.15) is 0 Å². The summed E-state index contributed by atoms with van der Waals surface area (Å²) in [4.78, 5) is 10.9. The van der Waals surface area contributed by atoms with Gasteiger partial charge in [-0.3, -0.25) is 0 Å². The fraction of sp³-hybridized carbons (Fsp3) is 0.0370. The lowest BCUT2D eigenvalue weighted by atomic mass is 9.87. The molecule has 12 rings (SSSR count). The molecule has 3 heteroatoms. The lowest BCUT2D eigenvalue weighted by molar-refractivity contribution is 1.04. The van der Waals surface area contributed by atoms with Gasteiger partial charge in [0, 0.05) is 43.7 Å². The minimum atomic E-state index is 0.925. The molecule has 11 aromatic rings. The maximum Gasteiger partial charge on any atom is 0.0978 e. The van der Waals surface area contributed by atoms with E-state index in [2.05, 4.69) is 193 Å². The summed E-state index contributed by atoms with van der Waals surface area (Å²) in [5.74, 6) is 0. The molecule has 0 aliphatic heterocycles. The molecule has 0 N–H and O–H groups in total. The number of pyridine rings is 2. The van der Waals surface area contributed by atoms with Gasteiger partial charge in [0.15, 0.2) is 0 Å². The van der Waals surface area contributed by atoms with Gasteiger partial charge < -0.3 is 4.57 Å². The Morgan fingerprint density at radius 1 is 0.421 bits per heavy atom. The van der Waals surface area contributed by atoms with Gasteiger partial charge in [0.2, 0.25) is 0 Å². The van der Waals surface area contributed by atoms with Crippen LogP contribution in [-0.4, -0.2) is 14.5 Å². The van der Waals surface area contributed by atoms with Crippen molar-refractivity contribution in [3.05, 3.63) is 194 Å². The second kappa shape index (κ2) is 12.6. The molecule has 0 saturated heterocycles. The van der Waals surface area contributed by atoms with Crippen LogP contribution in [0.5, 0.6) is 0 Å². The summed E-state index contributed by atoms with van der Waals surface area (Å²) in [7, 11) is 0. The van der Waals surface area contributed by atoms with Crippen molar-refractivity contribution >= 4 is 81.6 Å². The van der Waals surface area contributed by atoms with Crippen molar-refractivity contribution in [2.75, 3.05) is 0 Å². The SMILES string of the molecule is C1=CC(c2c3ccccc3nc3c2ccc2ccc(-c4c5ccccc5c(-c5cccc(-n6c7ccccc7c7ccccc76)c5)c5ccccc45)nc23)=CCC1. The topological polar surface area (TPSA) is 30.7 Å². The van der Waals surface area contributed by atoms with Crippen molar-refractivity contribution in [1.82, 2.24) is 14.5 Å². The maximum absolute atomic E-state index is 5.57. The van der Waals surface area contributed by atoms with Gasteiger partial charge in [0.25, 0.3) is 0 Å².